The quantitative estimate of drug-likeness (QED) is 0.849. The van der Waals surface area contributed by atoms with Crippen LogP contribution in [-0.4, -0.2) is 40.2 Å². The monoisotopic (exact) mass is 336 g/mol. The Labute approximate surface area is 136 Å². The van der Waals surface area contributed by atoms with Crippen molar-refractivity contribution in [1.29, 1.82) is 0 Å². The summed E-state index contributed by atoms with van der Waals surface area (Å²) in [4.78, 5) is 24.9. The number of rotatable bonds is 2. The number of morpholine rings is 1. The molecule has 2 bridgehead atoms. The predicted molar refractivity (Wildman–Crippen MR) is 83.2 cm³/mol. The van der Waals surface area contributed by atoms with Gasteiger partial charge in [0, 0.05) is 17.8 Å². The smallest absolute Gasteiger partial charge is 0.272 e. The van der Waals surface area contributed by atoms with Gasteiger partial charge in [-0.3, -0.25) is 4.79 Å². The first-order valence-electron chi connectivity index (χ1n) is 7.41. The van der Waals surface area contributed by atoms with Crippen molar-refractivity contribution >= 4 is 17.4 Å². The van der Waals surface area contributed by atoms with Crippen molar-refractivity contribution in [3.63, 3.8) is 0 Å². The average molecular weight is 337 g/mol. The summed E-state index contributed by atoms with van der Waals surface area (Å²) in [6, 6.07) is 3.15. The van der Waals surface area contributed by atoms with Crippen molar-refractivity contribution in [3.8, 4) is 11.4 Å². The lowest BCUT2D eigenvalue weighted by molar-refractivity contribution is 0.0902. The number of nitrogens with zero attached hydrogens (tertiary/aromatic N) is 3. The molecular formula is C15H14ClFN4O2. The first kappa shape index (κ1) is 14.6. The molecule has 4 heterocycles. The van der Waals surface area contributed by atoms with E-state index in [1.165, 1.54) is 12.3 Å². The van der Waals surface area contributed by atoms with Gasteiger partial charge in [0.2, 0.25) is 5.95 Å². The second kappa shape index (κ2) is 5.58. The summed E-state index contributed by atoms with van der Waals surface area (Å²) >= 11 is 6.20. The van der Waals surface area contributed by atoms with Gasteiger partial charge in [-0.1, -0.05) is 11.6 Å². The molecule has 8 heteroatoms. The standard InChI is InChI=1S/C15H14ClFN4O2/c16-12-14(21-9-1-2-10(21)7-23-6-9)19-13(20-15(12)22)8-3-4-18-11(17)5-8/h3-5,9-10H,1-2,6-7H2,(H,19,20,22). The van der Waals surface area contributed by atoms with Crippen molar-refractivity contribution in [3.05, 3.63) is 39.7 Å². The number of fused-ring (bicyclic) bond motifs is 2. The molecule has 2 aliphatic rings. The molecule has 0 aromatic carbocycles. The summed E-state index contributed by atoms with van der Waals surface area (Å²) < 4.78 is 18.9. The fraction of sp³-hybridized carbons (Fsp3) is 0.400. The average Bonchev–Trinajstić information content (AvgIpc) is 2.78. The number of nitrogens with one attached hydrogen (secondary N) is 1. The van der Waals surface area contributed by atoms with Crippen LogP contribution in [0, 0.1) is 5.95 Å². The summed E-state index contributed by atoms with van der Waals surface area (Å²) in [6.07, 6.45) is 3.29. The van der Waals surface area contributed by atoms with Gasteiger partial charge in [0.15, 0.2) is 5.82 Å². The van der Waals surface area contributed by atoms with Gasteiger partial charge in [-0.25, -0.2) is 9.97 Å². The van der Waals surface area contributed by atoms with E-state index in [0.717, 1.165) is 12.8 Å². The molecule has 0 saturated carbocycles. The fourth-order valence-electron chi connectivity index (χ4n) is 3.28. The van der Waals surface area contributed by atoms with Crippen LogP contribution in [-0.2, 0) is 4.74 Å². The minimum atomic E-state index is -0.631. The Bertz CT molecular complexity index is 796. The normalized spacial score (nSPS) is 23.3. The molecule has 2 aliphatic heterocycles. The molecule has 2 fully saturated rings. The van der Waals surface area contributed by atoms with Gasteiger partial charge in [-0.15, -0.1) is 0 Å². The van der Waals surface area contributed by atoms with Gasteiger partial charge >= 0.3 is 0 Å². The molecule has 1 N–H and O–H groups in total. The maximum atomic E-state index is 13.3. The van der Waals surface area contributed by atoms with E-state index in [0.29, 0.717) is 24.6 Å². The molecule has 2 unspecified atom stereocenters. The van der Waals surface area contributed by atoms with Crippen molar-refractivity contribution in [2.75, 3.05) is 18.1 Å². The summed E-state index contributed by atoms with van der Waals surface area (Å²) in [5, 5.41) is 0.0575. The number of aromatic amines is 1. The van der Waals surface area contributed by atoms with Gasteiger partial charge in [-0.05, 0) is 18.9 Å². The Morgan fingerprint density at radius 3 is 2.78 bits per heavy atom. The van der Waals surface area contributed by atoms with E-state index in [1.54, 1.807) is 6.07 Å². The Hall–Kier alpha value is -1.99. The lowest BCUT2D eigenvalue weighted by Gasteiger charge is -2.36. The molecule has 6 nitrogen and oxygen atoms in total. The number of hydrogen-bond acceptors (Lipinski definition) is 5. The van der Waals surface area contributed by atoms with E-state index >= 15 is 0 Å². The molecule has 120 valence electrons. The van der Waals surface area contributed by atoms with Crippen molar-refractivity contribution in [1.82, 2.24) is 15.0 Å². The number of pyridine rings is 1. The van der Waals surface area contributed by atoms with Crippen LogP contribution in [0.15, 0.2) is 23.1 Å². The second-order valence-corrected chi connectivity index (χ2v) is 6.13. The Kier molecular flexibility index (Phi) is 3.54. The zero-order chi connectivity index (χ0) is 16.0. The van der Waals surface area contributed by atoms with Gasteiger partial charge in [0.25, 0.3) is 5.56 Å². The second-order valence-electron chi connectivity index (χ2n) is 5.75. The van der Waals surface area contributed by atoms with E-state index in [-0.39, 0.29) is 22.9 Å². The number of halogens is 2. The van der Waals surface area contributed by atoms with Crippen LogP contribution in [0.5, 0.6) is 0 Å². The number of hydrogen-bond donors (Lipinski definition) is 1. The van der Waals surface area contributed by atoms with Crippen LogP contribution in [0.2, 0.25) is 5.02 Å². The Morgan fingerprint density at radius 2 is 2.09 bits per heavy atom. The zero-order valence-corrected chi connectivity index (χ0v) is 12.9. The van der Waals surface area contributed by atoms with E-state index in [9.17, 15) is 9.18 Å². The molecule has 4 rings (SSSR count). The lowest BCUT2D eigenvalue weighted by atomic mass is 10.2. The van der Waals surface area contributed by atoms with Gasteiger partial charge in [0.05, 0.1) is 25.3 Å². The molecule has 2 aromatic rings. The van der Waals surface area contributed by atoms with Gasteiger partial charge in [0.1, 0.15) is 10.8 Å². The topological polar surface area (TPSA) is 71.1 Å². The van der Waals surface area contributed by atoms with Crippen LogP contribution in [0.1, 0.15) is 12.8 Å². The molecule has 23 heavy (non-hydrogen) atoms. The SMILES string of the molecule is O=c1[nH]c(-c2ccnc(F)c2)nc(N2C3CCC2COC3)c1Cl. The molecule has 0 spiro atoms. The Morgan fingerprint density at radius 1 is 1.35 bits per heavy atom. The zero-order valence-electron chi connectivity index (χ0n) is 12.1. The highest BCUT2D eigenvalue weighted by molar-refractivity contribution is 6.32. The summed E-state index contributed by atoms with van der Waals surface area (Å²) in [5.41, 5.74) is 0.0166. The van der Waals surface area contributed by atoms with Crippen LogP contribution in [0.25, 0.3) is 11.4 Å². The summed E-state index contributed by atoms with van der Waals surface area (Å²) in [6.45, 7) is 1.20. The first-order valence-corrected chi connectivity index (χ1v) is 7.79. The number of aromatic nitrogens is 3. The third kappa shape index (κ3) is 2.49. The summed E-state index contributed by atoms with van der Waals surface area (Å²) in [7, 11) is 0. The minimum Gasteiger partial charge on any atom is -0.377 e. The van der Waals surface area contributed by atoms with Crippen LogP contribution >= 0.6 is 11.6 Å². The van der Waals surface area contributed by atoms with E-state index in [4.69, 9.17) is 16.3 Å². The van der Waals surface area contributed by atoms with Crippen molar-refractivity contribution < 1.29 is 9.13 Å². The third-order valence-electron chi connectivity index (χ3n) is 4.33. The van der Waals surface area contributed by atoms with Crippen LogP contribution in [0.3, 0.4) is 0 Å². The molecule has 0 amide bonds. The number of anilines is 1. The highest BCUT2D eigenvalue weighted by atomic mass is 35.5. The van der Waals surface area contributed by atoms with Crippen molar-refractivity contribution in [2.24, 2.45) is 0 Å². The predicted octanol–water partition coefficient (Wildman–Crippen LogP) is 1.99. The molecule has 2 saturated heterocycles. The molecule has 0 aliphatic carbocycles. The van der Waals surface area contributed by atoms with Gasteiger partial charge in [-0.2, -0.15) is 4.39 Å². The third-order valence-corrected chi connectivity index (χ3v) is 4.67. The van der Waals surface area contributed by atoms with Crippen molar-refractivity contribution in [2.45, 2.75) is 24.9 Å². The molecule has 2 aromatic heterocycles. The van der Waals surface area contributed by atoms with E-state index in [1.807, 2.05) is 0 Å². The van der Waals surface area contributed by atoms with Crippen LogP contribution < -0.4 is 10.5 Å². The highest BCUT2D eigenvalue weighted by Gasteiger charge is 2.39. The number of ether oxygens (including phenoxy) is 1. The minimum absolute atomic E-state index is 0.0575. The van der Waals surface area contributed by atoms with E-state index in [2.05, 4.69) is 19.9 Å². The van der Waals surface area contributed by atoms with Crippen LogP contribution in [0.4, 0.5) is 10.2 Å². The largest absolute Gasteiger partial charge is 0.377 e. The first-order chi connectivity index (χ1) is 11.1. The lowest BCUT2D eigenvalue weighted by Crippen LogP contribution is -2.47. The highest BCUT2D eigenvalue weighted by Crippen LogP contribution is 2.35. The van der Waals surface area contributed by atoms with Gasteiger partial charge < -0.3 is 14.6 Å². The Balaban J connectivity index is 1.83. The molecule has 0 radical (unpaired) electrons. The maximum Gasteiger partial charge on any atom is 0.272 e. The van der Waals surface area contributed by atoms with E-state index < -0.39 is 11.5 Å². The number of H-pyrrole nitrogens is 1. The maximum absolute atomic E-state index is 13.3. The fourth-order valence-corrected chi connectivity index (χ4v) is 3.47. The summed E-state index contributed by atoms with van der Waals surface area (Å²) in [5.74, 6) is 0.0909. The molecule has 2 atom stereocenters. The molecular weight excluding hydrogens is 323 g/mol.